The maximum absolute atomic E-state index is 6.45. The molecule has 2 fully saturated rings. The van der Waals surface area contributed by atoms with E-state index in [-0.39, 0.29) is 11.6 Å². The molecule has 0 aliphatic carbocycles. The SMILES string of the molecule is NC(c1cc(Cl)ccc1Cl)C1CCOC2(CCOC2)C1. The molecule has 0 bridgehead atoms. The third kappa shape index (κ3) is 2.83. The van der Waals surface area contributed by atoms with Gasteiger partial charge in [0, 0.05) is 35.7 Å². The molecule has 1 aromatic rings. The monoisotopic (exact) mass is 315 g/mol. The van der Waals surface area contributed by atoms with E-state index in [4.69, 9.17) is 38.4 Å². The second-order valence-corrected chi connectivity index (χ2v) is 6.62. The van der Waals surface area contributed by atoms with Crippen LogP contribution in [0, 0.1) is 5.92 Å². The van der Waals surface area contributed by atoms with Gasteiger partial charge in [0.15, 0.2) is 0 Å². The lowest BCUT2D eigenvalue weighted by molar-refractivity contribution is -0.101. The van der Waals surface area contributed by atoms with Crippen LogP contribution < -0.4 is 5.73 Å². The van der Waals surface area contributed by atoms with E-state index in [1.165, 1.54) is 0 Å². The summed E-state index contributed by atoms with van der Waals surface area (Å²) in [6, 6.07) is 5.37. The average Bonchev–Trinajstić information content (AvgIpc) is 2.88. The topological polar surface area (TPSA) is 44.5 Å². The minimum Gasteiger partial charge on any atom is -0.378 e. The number of hydrogen-bond acceptors (Lipinski definition) is 3. The third-order valence-electron chi connectivity index (χ3n) is 4.42. The molecule has 0 saturated carbocycles. The summed E-state index contributed by atoms with van der Waals surface area (Å²) in [5, 5.41) is 1.36. The van der Waals surface area contributed by atoms with Crippen LogP contribution in [0.15, 0.2) is 18.2 Å². The van der Waals surface area contributed by atoms with Crippen molar-refractivity contribution in [1.82, 2.24) is 0 Å². The fourth-order valence-corrected chi connectivity index (χ4v) is 3.68. The van der Waals surface area contributed by atoms with Gasteiger partial charge >= 0.3 is 0 Å². The first kappa shape index (κ1) is 14.6. The van der Waals surface area contributed by atoms with Gasteiger partial charge in [-0.05, 0) is 42.5 Å². The maximum Gasteiger partial charge on any atom is 0.0940 e. The van der Waals surface area contributed by atoms with Gasteiger partial charge < -0.3 is 15.2 Å². The zero-order valence-corrected chi connectivity index (χ0v) is 12.8. The summed E-state index contributed by atoms with van der Waals surface area (Å²) in [4.78, 5) is 0. The molecule has 2 heterocycles. The Balaban J connectivity index is 1.79. The van der Waals surface area contributed by atoms with Gasteiger partial charge in [-0.1, -0.05) is 23.2 Å². The van der Waals surface area contributed by atoms with E-state index in [9.17, 15) is 0 Å². The maximum atomic E-state index is 6.45. The summed E-state index contributed by atoms with van der Waals surface area (Å²) < 4.78 is 11.5. The van der Waals surface area contributed by atoms with E-state index >= 15 is 0 Å². The van der Waals surface area contributed by atoms with Crippen LogP contribution in [0.4, 0.5) is 0 Å². The van der Waals surface area contributed by atoms with E-state index in [1.54, 1.807) is 6.07 Å². The van der Waals surface area contributed by atoms with E-state index in [0.717, 1.165) is 38.0 Å². The van der Waals surface area contributed by atoms with Crippen molar-refractivity contribution in [2.24, 2.45) is 11.7 Å². The van der Waals surface area contributed by atoms with Crippen molar-refractivity contribution in [2.75, 3.05) is 19.8 Å². The molecule has 3 rings (SSSR count). The minimum atomic E-state index is -0.133. The minimum absolute atomic E-state index is 0.109. The van der Waals surface area contributed by atoms with Crippen LogP contribution in [-0.4, -0.2) is 25.4 Å². The van der Waals surface area contributed by atoms with Crippen molar-refractivity contribution >= 4 is 23.2 Å². The second kappa shape index (κ2) is 5.82. The molecular weight excluding hydrogens is 297 g/mol. The predicted molar refractivity (Wildman–Crippen MR) is 80.2 cm³/mol. The summed E-state index contributed by atoms with van der Waals surface area (Å²) in [5.74, 6) is 0.349. The normalized spacial score (nSPS) is 31.6. The van der Waals surface area contributed by atoms with Crippen LogP contribution in [0.25, 0.3) is 0 Å². The number of rotatable bonds is 2. The number of ether oxygens (including phenoxy) is 2. The molecule has 110 valence electrons. The van der Waals surface area contributed by atoms with Crippen LogP contribution in [0.1, 0.15) is 30.9 Å². The molecule has 2 saturated heterocycles. The van der Waals surface area contributed by atoms with Crippen LogP contribution in [0.5, 0.6) is 0 Å². The van der Waals surface area contributed by atoms with Gasteiger partial charge in [-0.25, -0.2) is 0 Å². The zero-order valence-electron chi connectivity index (χ0n) is 11.3. The first-order valence-corrected chi connectivity index (χ1v) is 7.77. The Kier molecular flexibility index (Phi) is 4.25. The van der Waals surface area contributed by atoms with Crippen LogP contribution >= 0.6 is 23.2 Å². The van der Waals surface area contributed by atoms with Crippen LogP contribution in [0.2, 0.25) is 10.0 Å². The number of hydrogen-bond donors (Lipinski definition) is 1. The van der Waals surface area contributed by atoms with Crippen molar-refractivity contribution in [2.45, 2.75) is 30.9 Å². The average molecular weight is 316 g/mol. The smallest absolute Gasteiger partial charge is 0.0940 e. The highest BCUT2D eigenvalue weighted by Gasteiger charge is 2.42. The molecule has 0 radical (unpaired) electrons. The molecule has 1 aromatic carbocycles. The van der Waals surface area contributed by atoms with Crippen molar-refractivity contribution in [3.63, 3.8) is 0 Å². The largest absolute Gasteiger partial charge is 0.378 e. The van der Waals surface area contributed by atoms with Crippen molar-refractivity contribution in [3.8, 4) is 0 Å². The molecule has 1 spiro atoms. The first-order valence-electron chi connectivity index (χ1n) is 7.02. The third-order valence-corrected chi connectivity index (χ3v) is 5.00. The lowest BCUT2D eigenvalue weighted by Gasteiger charge is -2.39. The van der Waals surface area contributed by atoms with Gasteiger partial charge in [0.25, 0.3) is 0 Å². The molecular formula is C15H19Cl2NO2. The summed E-state index contributed by atoms with van der Waals surface area (Å²) in [6.45, 7) is 2.19. The standard InChI is InChI=1S/C15H19Cl2NO2/c16-11-1-2-13(17)12(7-11)14(18)10-3-5-20-15(8-10)4-6-19-9-15/h1-2,7,10,14H,3-6,8-9,18H2. The van der Waals surface area contributed by atoms with Gasteiger partial charge in [0.05, 0.1) is 12.2 Å². The molecule has 2 N–H and O–H groups in total. The van der Waals surface area contributed by atoms with Crippen molar-refractivity contribution in [3.05, 3.63) is 33.8 Å². The highest BCUT2D eigenvalue weighted by molar-refractivity contribution is 6.33. The first-order chi connectivity index (χ1) is 9.60. The van der Waals surface area contributed by atoms with E-state index < -0.39 is 0 Å². The zero-order chi connectivity index (χ0) is 14.2. The molecule has 3 unspecified atom stereocenters. The lowest BCUT2D eigenvalue weighted by atomic mass is 9.79. The molecule has 2 aliphatic heterocycles. The fourth-order valence-electron chi connectivity index (χ4n) is 3.26. The number of halogens is 2. The Morgan fingerprint density at radius 2 is 2.15 bits per heavy atom. The Bertz CT molecular complexity index is 489. The summed E-state index contributed by atoms with van der Waals surface area (Å²) in [5.41, 5.74) is 7.25. The molecule has 0 aromatic heterocycles. The second-order valence-electron chi connectivity index (χ2n) is 5.78. The van der Waals surface area contributed by atoms with Gasteiger partial charge in [0.2, 0.25) is 0 Å². The number of nitrogens with two attached hydrogens (primary N) is 1. The Morgan fingerprint density at radius 3 is 2.90 bits per heavy atom. The van der Waals surface area contributed by atoms with Crippen LogP contribution in [0.3, 0.4) is 0 Å². The predicted octanol–water partition coefficient (Wildman–Crippen LogP) is 3.58. The highest BCUT2D eigenvalue weighted by Crippen LogP contribution is 2.41. The molecule has 3 nitrogen and oxygen atoms in total. The van der Waals surface area contributed by atoms with Gasteiger partial charge in [0.1, 0.15) is 0 Å². The van der Waals surface area contributed by atoms with E-state index in [1.807, 2.05) is 12.1 Å². The highest BCUT2D eigenvalue weighted by atomic mass is 35.5. The van der Waals surface area contributed by atoms with E-state index in [0.29, 0.717) is 22.6 Å². The summed E-state index contributed by atoms with van der Waals surface area (Å²) in [7, 11) is 0. The molecule has 3 atom stereocenters. The van der Waals surface area contributed by atoms with Crippen molar-refractivity contribution in [1.29, 1.82) is 0 Å². The summed E-state index contributed by atoms with van der Waals surface area (Å²) in [6.07, 6.45) is 2.84. The quantitative estimate of drug-likeness (QED) is 0.907. The van der Waals surface area contributed by atoms with E-state index in [2.05, 4.69) is 0 Å². The molecule has 2 aliphatic rings. The fraction of sp³-hybridized carbons (Fsp3) is 0.600. The van der Waals surface area contributed by atoms with Gasteiger partial charge in [-0.3, -0.25) is 0 Å². The van der Waals surface area contributed by atoms with Gasteiger partial charge in [-0.15, -0.1) is 0 Å². The Morgan fingerprint density at radius 1 is 1.30 bits per heavy atom. The molecule has 5 heteroatoms. The van der Waals surface area contributed by atoms with Crippen LogP contribution in [-0.2, 0) is 9.47 Å². The lowest BCUT2D eigenvalue weighted by Crippen LogP contribution is -2.43. The number of benzene rings is 1. The summed E-state index contributed by atoms with van der Waals surface area (Å²) >= 11 is 12.3. The molecule has 0 amide bonds. The molecule has 20 heavy (non-hydrogen) atoms. The Hall–Kier alpha value is -0.320. The Labute approximate surface area is 129 Å². The van der Waals surface area contributed by atoms with Crippen molar-refractivity contribution < 1.29 is 9.47 Å². The van der Waals surface area contributed by atoms with Gasteiger partial charge in [-0.2, -0.15) is 0 Å².